The third kappa shape index (κ3) is 5.17. The van der Waals surface area contributed by atoms with Crippen LogP contribution >= 0.6 is 0 Å². The molecule has 0 unspecified atom stereocenters. The summed E-state index contributed by atoms with van der Waals surface area (Å²) in [6, 6.07) is 8.28. The molecule has 0 saturated carbocycles. The Morgan fingerprint density at radius 3 is 2.76 bits per heavy atom. The molecular formula is C26H25F4N5O2. The standard InChI is InChI=1S/C26H25F4N5O2/c1-14(2)35-15(3)13-36-24-21(35)9-18(10-22(24)37-26(28,29)30)23-20(27)12-32-25(34-23)33-19-5-4-17-11-31-7-6-16(17)8-19/h4-5,8-10,12,14,31H,3,6-7,11,13H2,1-2H3,(H,32,33,34). The van der Waals surface area contributed by atoms with Gasteiger partial charge in [-0.15, -0.1) is 13.2 Å². The number of benzene rings is 2. The molecule has 3 aromatic rings. The van der Waals surface area contributed by atoms with Crippen molar-refractivity contribution in [1.82, 2.24) is 15.3 Å². The van der Waals surface area contributed by atoms with Crippen molar-refractivity contribution in [3.63, 3.8) is 0 Å². The van der Waals surface area contributed by atoms with E-state index in [0.29, 0.717) is 5.70 Å². The monoisotopic (exact) mass is 515 g/mol. The van der Waals surface area contributed by atoms with Gasteiger partial charge >= 0.3 is 6.36 Å². The minimum Gasteiger partial charge on any atom is -0.481 e. The van der Waals surface area contributed by atoms with Crippen LogP contribution in [-0.2, 0) is 13.0 Å². The van der Waals surface area contributed by atoms with E-state index >= 15 is 0 Å². The lowest BCUT2D eigenvalue weighted by Gasteiger charge is -2.37. The number of rotatable bonds is 5. The van der Waals surface area contributed by atoms with E-state index in [1.807, 2.05) is 32.0 Å². The number of alkyl halides is 3. The van der Waals surface area contributed by atoms with Gasteiger partial charge in [-0.3, -0.25) is 0 Å². The molecule has 0 atom stereocenters. The Kier molecular flexibility index (Phi) is 6.40. The second-order valence-electron chi connectivity index (χ2n) is 9.11. The van der Waals surface area contributed by atoms with Gasteiger partial charge in [0.1, 0.15) is 12.3 Å². The van der Waals surface area contributed by atoms with E-state index in [2.05, 4.69) is 31.9 Å². The summed E-state index contributed by atoms with van der Waals surface area (Å²) in [7, 11) is 0. The number of nitrogens with one attached hydrogen (secondary N) is 2. The number of anilines is 3. The smallest absolute Gasteiger partial charge is 0.481 e. The molecule has 0 saturated heterocycles. The number of halogens is 4. The molecule has 2 N–H and O–H groups in total. The minimum absolute atomic E-state index is 0.00841. The average Bonchev–Trinajstić information content (AvgIpc) is 2.83. The van der Waals surface area contributed by atoms with Gasteiger partial charge in [0.05, 0.1) is 11.9 Å². The van der Waals surface area contributed by atoms with Crippen LogP contribution in [0, 0.1) is 5.82 Å². The summed E-state index contributed by atoms with van der Waals surface area (Å²) in [6.07, 6.45) is -3.13. The predicted octanol–water partition coefficient (Wildman–Crippen LogP) is 5.69. The molecule has 5 rings (SSSR count). The Morgan fingerprint density at radius 1 is 1.19 bits per heavy atom. The molecule has 2 aliphatic heterocycles. The normalized spacial score (nSPS) is 15.2. The molecule has 0 bridgehead atoms. The fraction of sp³-hybridized carbons (Fsp3) is 0.308. The SMILES string of the molecule is C=C1COc2c(OC(F)(F)F)cc(-c3nc(Nc4ccc5c(c4)CCNC5)ncc3F)cc2N1C(C)C. The van der Waals surface area contributed by atoms with Crippen LogP contribution in [0.2, 0.25) is 0 Å². The Bertz CT molecular complexity index is 1360. The molecule has 2 aromatic carbocycles. The summed E-state index contributed by atoms with van der Waals surface area (Å²) < 4.78 is 64.6. The summed E-state index contributed by atoms with van der Waals surface area (Å²) in [4.78, 5) is 10.1. The Morgan fingerprint density at radius 2 is 2.00 bits per heavy atom. The van der Waals surface area contributed by atoms with E-state index in [9.17, 15) is 17.6 Å². The molecule has 0 spiro atoms. The maximum absolute atomic E-state index is 15.0. The van der Waals surface area contributed by atoms with Gasteiger partial charge in [-0.2, -0.15) is 0 Å². The molecule has 1 aromatic heterocycles. The molecule has 7 nitrogen and oxygen atoms in total. The number of aromatic nitrogens is 2. The van der Waals surface area contributed by atoms with E-state index in [1.54, 1.807) is 4.90 Å². The van der Waals surface area contributed by atoms with Gasteiger partial charge in [-0.1, -0.05) is 12.6 Å². The van der Waals surface area contributed by atoms with Crippen molar-refractivity contribution in [3.05, 3.63) is 65.7 Å². The Labute approximate surface area is 211 Å². The highest BCUT2D eigenvalue weighted by Crippen LogP contribution is 2.47. The van der Waals surface area contributed by atoms with Crippen LogP contribution < -0.4 is 25.0 Å². The first-order valence-corrected chi connectivity index (χ1v) is 11.7. The fourth-order valence-corrected chi connectivity index (χ4v) is 4.60. The van der Waals surface area contributed by atoms with Gasteiger partial charge in [0.15, 0.2) is 17.3 Å². The molecule has 11 heteroatoms. The molecular weight excluding hydrogens is 490 g/mol. The van der Waals surface area contributed by atoms with Crippen LogP contribution in [0.15, 0.2) is 48.8 Å². The lowest BCUT2D eigenvalue weighted by atomic mass is 10.0. The molecule has 0 amide bonds. The van der Waals surface area contributed by atoms with Gasteiger partial charge in [0.2, 0.25) is 5.95 Å². The summed E-state index contributed by atoms with van der Waals surface area (Å²) in [5.74, 6) is -1.39. The zero-order valence-electron chi connectivity index (χ0n) is 20.2. The van der Waals surface area contributed by atoms with Crippen LogP contribution in [0.5, 0.6) is 11.5 Å². The zero-order chi connectivity index (χ0) is 26.3. The highest BCUT2D eigenvalue weighted by atomic mass is 19.4. The quantitative estimate of drug-likeness (QED) is 0.423. The number of ether oxygens (including phenoxy) is 2. The predicted molar refractivity (Wildman–Crippen MR) is 131 cm³/mol. The second kappa shape index (κ2) is 9.55. The molecule has 37 heavy (non-hydrogen) atoms. The number of hydrogen-bond acceptors (Lipinski definition) is 7. The maximum atomic E-state index is 15.0. The van der Waals surface area contributed by atoms with E-state index in [-0.39, 0.29) is 41.3 Å². The molecule has 194 valence electrons. The lowest BCUT2D eigenvalue weighted by Crippen LogP contribution is -2.36. The van der Waals surface area contributed by atoms with Gasteiger partial charge in [-0.25, -0.2) is 14.4 Å². The third-order valence-corrected chi connectivity index (χ3v) is 6.13. The van der Waals surface area contributed by atoms with Crippen molar-refractivity contribution >= 4 is 17.3 Å². The minimum atomic E-state index is -4.98. The van der Waals surface area contributed by atoms with Crippen molar-refractivity contribution in [2.45, 2.75) is 39.2 Å². The van der Waals surface area contributed by atoms with Crippen molar-refractivity contribution in [1.29, 1.82) is 0 Å². The van der Waals surface area contributed by atoms with Crippen LogP contribution in [0.3, 0.4) is 0 Å². The van der Waals surface area contributed by atoms with Gasteiger partial charge in [-0.05, 0) is 62.2 Å². The van der Waals surface area contributed by atoms with Gasteiger partial charge in [0, 0.05) is 29.5 Å². The van der Waals surface area contributed by atoms with Crippen LogP contribution in [-0.4, -0.2) is 35.5 Å². The van der Waals surface area contributed by atoms with Crippen LogP contribution in [0.25, 0.3) is 11.3 Å². The van der Waals surface area contributed by atoms with Crippen molar-refractivity contribution < 1.29 is 27.0 Å². The number of fused-ring (bicyclic) bond motifs is 2. The van der Waals surface area contributed by atoms with Crippen molar-refractivity contribution in [2.75, 3.05) is 23.4 Å². The lowest BCUT2D eigenvalue weighted by molar-refractivity contribution is -0.275. The summed E-state index contributed by atoms with van der Waals surface area (Å²) in [5, 5.41) is 6.38. The average molecular weight is 516 g/mol. The third-order valence-electron chi connectivity index (χ3n) is 6.13. The molecule has 0 aliphatic carbocycles. The number of hydrogen-bond donors (Lipinski definition) is 2. The maximum Gasteiger partial charge on any atom is 0.573 e. The van der Waals surface area contributed by atoms with E-state index in [0.717, 1.165) is 37.5 Å². The summed E-state index contributed by atoms with van der Waals surface area (Å²) >= 11 is 0. The molecule has 0 fully saturated rings. The summed E-state index contributed by atoms with van der Waals surface area (Å²) in [5.41, 5.74) is 3.81. The van der Waals surface area contributed by atoms with Crippen molar-refractivity contribution in [2.24, 2.45) is 0 Å². The van der Waals surface area contributed by atoms with E-state index in [4.69, 9.17) is 4.74 Å². The highest BCUT2D eigenvalue weighted by molar-refractivity contribution is 5.78. The molecule has 0 radical (unpaired) electrons. The molecule has 3 heterocycles. The summed E-state index contributed by atoms with van der Waals surface area (Å²) in [6.45, 7) is 9.33. The Balaban J connectivity index is 1.56. The van der Waals surface area contributed by atoms with E-state index < -0.39 is 17.9 Å². The largest absolute Gasteiger partial charge is 0.573 e. The first-order valence-electron chi connectivity index (χ1n) is 11.7. The van der Waals surface area contributed by atoms with Gasteiger partial charge in [0.25, 0.3) is 0 Å². The zero-order valence-corrected chi connectivity index (χ0v) is 20.2. The van der Waals surface area contributed by atoms with E-state index in [1.165, 1.54) is 17.2 Å². The van der Waals surface area contributed by atoms with Gasteiger partial charge < -0.3 is 25.0 Å². The molecule has 2 aliphatic rings. The van der Waals surface area contributed by atoms with Crippen molar-refractivity contribution in [3.8, 4) is 22.8 Å². The van der Waals surface area contributed by atoms with Crippen LogP contribution in [0.1, 0.15) is 25.0 Å². The fourth-order valence-electron chi connectivity index (χ4n) is 4.60. The second-order valence-corrected chi connectivity index (χ2v) is 9.11. The Hall–Kier alpha value is -3.86. The first kappa shape index (κ1) is 24.8. The first-order chi connectivity index (χ1) is 17.6. The number of nitrogens with zero attached hydrogens (tertiary/aromatic N) is 3. The highest BCUT2D eigenvalue weighted by Gasteiger charge is 2.36. The van der Waals surface area contributed by atoms with Crippen LogP contribution in [0.4, 0.5) is 34.9 Å². The topological polar surface area (TPSA) is 71.5 Å².